The van der Waals surface area contributed by atoms with Crippen LogP contribution in [0, 0.1) is 0 Å². The molecule has 0 unspecified atom stereocenters. The van der Waals surface area contributed by atoms with Crippen LogP contribution in [-0.4, -0.2) is 29.4 Å². The van der Waals surface area contributed by atoms with Gasteiger partial charge in [-0.1, -0.05) is 18.2 Å². The summed E-state index contributed by atoms with van der Waals surface area (Å²) < 4.78 is 26.7. The predicted octanol–water partition coefficient (Wildman–Crippen LogP) is 1.88. The van der Waals surface area contributed by atoms with Crippen LogP contribution in [0.1, 0.15) is 0 Å². The minimum Gasteiger partial charge on any atom is -0.322 e. The lowest BCUT2D eigenvalue weighted by Gasteiger charge is -2.08. The first-order valence-corrected chi connectivity index (χ1v) is 9.21. The van der Waals surface area contributed by atoms with E-state index in [-0.39, 0.29) is 4.90 Å². The van der Waals surface area contributed by atoms with E-state index in [1.165, 1.54) is 27.8 Å². The van der Waals surface area contributed by atoms with E-state index in [9.17, 15) is 18.0 Å². The molecule has 9 heteroatoms. The SMILES string of the molecule is O=C(/C=C/C(=O)Nc1ccc2c(ccn2S(=O)(=O)c2ccccc2)c1)NO. The number of nitrogens with one attached hydrogen (secondary N) is 2. The fourth-order valence-electron chi connectivity index (χ4n) is 2.48. The minimum atomic E-state index is -3.73. The highest BCUT2D eigenvalue weighted by Gasteiger charge is 2.18. The van der Waals surface area contributed by atoms with Crippen molar-refractivity contribution >= 4 is 38.4 Å². The van der Waals surface area contributed by atoms with E-state index in [1.807, 2.05) is 0 Å². The Morgan fingerprint density at radius 3 is 2.37 bits per heavy atom. The molecule has 3 rings (SSSR count). The second-order valence-electron chi connectivity index (χ2n) is 5.50. The Hall–Kier alpha value is -3.43. The quantitative estimate of drug-likeness (QED) is 0.352. The van der Waals surface area contributed by atoms with Gasteiger partial charge in [-0.2, -0.15) is 0 Å². The summed E-state index contributed by atoms with van der Waals surface area (Å²) >= 11 is 0. The average molecular weight is 385 g/mol. The number of hydrogen-bond acceptors (Lipinski definition) is 5. The minimum absolute atomic E-state index is 0.173. The third kappa shape index (κ3) is 3.89. The Balaban J connectivity index is 1.88. The number of aromatic nitrogens is 1. The first-order chi connectivity index (χ1) is 12.9. The van der Waals surface area contributed by atoms with Crippen molar-refractivity contribution in [1.82, 2.24) is 9.45 Å². The summed E-state index contributed by atoms with van der Waals surface area (Å²) in [6, 6.07) is 14.4. The van der Waals surface area contributed by atoms with Crippen LogP contribution in [0.4, 0.5) is 5.69 Å². The summed E-state index contributed by atoms with van der Waals surface area (Å²) in [5.41, 5.74) is 2.27. The van der Waals surface area contributed by atoms with Crippen molar-refractivity contribution in [3.05, 3.63) is 72.9 Å². The Morgan fingerprint density at radius 2 is 1.67 bits per heavy atom. The van der Waals surface area contributed by atoms with Crippen molar-refractivity contribution in [2.24, 2.45) is 0 Å². The first kappa shape index (κ1) is 18.4. The molecule has 0 spiro atoms. The van der Waals surface area contributed by atoms with Crippen molar-refractivity contribution in [1.29, 1.82) is 0 Å². The lowest BCUT2D eigenvalue weighted by atomic mass is 10.2. The Bertz CT molecular complexity index is 1130. The molecule has 2 amide bonds. The summed E-state index contributed by atoms with van der Waals surface area (Å²) in [5.74, 6) is -1.40. The molecule has 27 heavy (non-hydrogen) atoms. The van der Waals surface area contributed by atoms with Crippen molar-refractivity contribution in [3.8, 4) is 0 Å². The van der Waals surface area contributed by atoms with E-state index in [0.29, 0.717) is 16.6 Å². The van der Waals surface area contributed by atoms with Gasteiger partial charge in [0.1, 0.15) is 0 Å². The normalized spacial score (nSPS) is 11.6. The molecule has 8 nitrogen and oxygen atoms in total. The first-order valence-electron chi connectivity index (χ1n) is 7.77. The van der Waals surface area contributed by atoms with E-state index in [4.69, 9.17) is 5.21 Å². The van der Waals surface area contributed by atoms with Crippen LogP contribution in [0.15, 0.2) is 77.8 Å². The highest BCUT2D eigenvalue weighted by atomic mass is 32.2. The maximum atomic E-state index is 12.8. The van der Waals surface area contributed by atoms with Gasteiger partial charge in [0.05, 0.1) is 10.4 Å². The fourth-order valence-corrected chi connectivity index (χ4v) is 3.86. The molecule has 1 heterocycles. The number of hydroxylamine groups is 1. The van der Waals surface area contributed by atoms with Crippen LogP contribution < -0.4 is 10.8 Å². The highest BCUT2D eigenvalue weighted by molar-refractivity contribution is 7.90. The van der Waals surface area contributed by atoms with Gasteiger partial charge in [0.15, 0.2) is 0 Å². The number of nitrogens with zero attached hydrogens (tertiary/aromatic N) is 1. The molecule has 138 valence electrons. The molecule has 0 fully saturated rings. The molecule has 0 saturated carbocycles. The number of amides is 2. The van der Waals surface area contributed by atoms with Gasteiger partial charge in [0.25, 0.3) is 15.9 Å². The van der Waals surface area contributed by atoms with E-state index >= 15 is 0 Å². The Labute approximate surface area is 154 Å². The zero-order valence-corrected chi connectivity index (χ0v) is 14.7. The van der Waals surface area contributed by atoms with Gasteiger partial charge in [0.2, 0.25) is 5.91 Å². The topological polar surface area (TPSA) is 118 Å². The number of fused-ring (bicyclic) bond motifs is 1. The molecule has 0 saturated heterocycles. The van der Waals surface area contributed by atoms with Crippen molar-refractivity contribution in [3.63, 3.8) is 0 Å². The van der Waals surface area contributed by atoms with E-state index in [0.717, 1.165) is 12.2 Å². The maximum Gasteiger partial charge on any atom is 0.268 e. The number of carbonyl (C=O) groups is 2. The van der Waals surface area contributed by atoms with Gasteiger partial charge < -0.3 is 5.32 Å². The number of hydrogen-bond donors (Lipinski definition) is 3. The fraction of sp³-hybridized carbons (Fsp3) is 0. The molecule has 2 aromatic carbocycles. The van der Waals surface area contributed by atoms with Gasteiger partial charge in [0, 0.05) is 29.4 Å². The summed E-state index contributed by atoms with van der Waals surface area (Å²) in [6.45, 7) is 0. The van der Waals surface area contributed by atoms with Crippen molar-refractivity contribution in [2.75, 3.05) is 5.32 Å². The number of carbonyl (C=O) groups excluding carboxylic acids is 2. The summed E-state index contributed by atoms with van der Waals surface area (Å²) in [7, 11) is -3.73. The van der Waals surface area contributed by atoms with Gasteiger partial charge in [-0.25, -0.2) is 17.9 Å². The van der Waals surface area contributed by atoms with E-state index in [1.54, 1.807) is 42.5 Å². The van der Waals surface area contributed by atoms with Crippen LogP contribution >= 0.6 is 0 Å². The monoisotopic (exact) mass is 385 g/mol. The Morgan fingerprint density at radius 1 is 0.963 bits per heavy atom. The van der Waals surface area contributed by atoms with E-state index in [2.05, 4.69) is 5.32 Å². The third-order valence-electron chi connectivity index (χ3n) is 3.72. The average Bonchev–Trinajstić information content (AvgIpc) is 3.10. The molecule has 0 bridgehead atoms. The van der Waals surface area contributed by atoms with Crippen LogP contribution in [0.3, 0.4) is 0 Å². The van der Waals surface area contributed by atoms with Gasteiger partial charge in [-0.3, -0.25) is 14.8 Å². The van der Waals surface area contributed by atoms with Crippen molar-refractivity contribution in [2.45, 2.75) is 4.90 Å². The molecule has 0 atom stereocenters. The summed E-state index contributed by atoms with van der Waals surface area (Å²) in [4.78, 5) is 22.8. The van der Waals surface area contributed by atoms with Gasteiger partial charge >= 0.3 is 0 Å². The smallest absolute Gasteiger partial charge is 0.268 e. The molecule has 0 aliphatic carbocycles. The number of anilines is 1. The molecule has 0 aliphatic heterocycles. The number of rotatable bonds is 5. The highest BCUT2D eigenvalue weighted by Crippen LogP contribution is 2.24. The summed E-state index contributed by atoms with van der Waals surface area (Å²) in [6.07, 6.45) is 3.28. The van der Waals surface area contributed by atoms with E-state index < -0.39 is 21.8 Å². The van der Waals surface area contributed by atoms with Gasteiger partial charge in [-0.15, -0.1) is 0 Å². The molecule has 0 radical (unpaired) electrons. The van der Waals surface area contributed by atoms with Crippen LogP contribution in [-0.2, 0) is 19.6 Å². The second-order valence-corrected chi connectivity index (χ2v) is 7.32. The predicted molar refractivity (Wildman–Crippen MR) is 98.7 cm³/mol. The largest absolute Gasteiger partial charge is 0.322 e. The molecule has 1 aromatic heterocycles. The summed E-state index contributed by atoms with van der Waals surface area (Å²) in [5, 5.41) is 11.5. The second kappa shape index (κ2) is 7.44. The maximum absolute atomic E-state index is 12.8. The third-order valence-corrected chi connectivity index (χ3v) is 5.42. The molecular weight excluding hydrogens is 370 g/mol. The standard InChI is InChI=1S/C18H15N3O5S/c22-17(8-9-18(23)20-24)19-14-6-7-16-13(12-14)10-11-21(16)27(25,26)15-4-2-1-3-5-15/h1-12,24H,(H,19,22)(H,20,23)/b9-8+. The number of benzene rings is 2. The van der Waals surface area contributed by atoms with Crippen LogP contribution in [0.5, 0.6) is 0 Å². The molecule has 3 aromatic rings. The molecular formula is C18H15N3O5S. The Kier molecular flexibility index (Phi) is 5.06. The van der Waals surface area contributed by atoms with Crippen LogP contribution in [0.25, 0.3) is 10.9 Å². The zero-order chi connectivity index (χ0) is 19.4. The lowest BCUT2D eigenvalue weighted by molar-refractivity contribution is -0.124. The van der Waals surface area contributed by atoms with Gasteiger partial charge in [-0.05, 0) is 36.4 Å². The zero-order valence-electron chi connectivity index (χ0n) is 13.9. The van der Waals surface area contributed by atoms with Crippen molar-refractivity contribution < 1.29 is 23.2 Å². The molecule has 3 N–H and O–H groups in total. The van der Waals surface area contributed by atoms with Crippen LogP contribution in [0.2, 0.25) is 0 Å². The lowest BCUT2D eigenvalue weighted by Crippen LogP contribution is -2.16. The molecule has 0 aliphatic rings.